The maximum atomic E-state index is 10.1. The lowest BCUT2D eigenvalue weighted by molar-refractivity contribution is -0.0449. The van der Waals surface area contributed by atoms with E-state index in [2.05, 4.69) is 22.1 Å². The zero-order chi connectivity index (χ0) is 17.7. The molecule has 0 amide bonds. The lowest BCUT2D eigenvalue weighted by Gasteiger charge is -2.51. The summed E-state index contributed by atoms with van der Waals surface area (Å²) >= 11 is 1.95. The molecule has 25 heavy (non-hydrogen) atoms. The summed E-state index contributed by atoms with van der Waals surface area (Å²) in [5.74, 6) is 3.71. The number of aliphatic hydroxyl groups excluding tert-OH is 1. The van der Waals surface area contributed by atoms with Crippen molar-refractivity contribution < 1.29 is 9.52 Å². The summed E-state index contributed by atoms with van der Waals surface area (Å²) in [6.07, 6.45) is 7.22. The zero-order valence-corrected chi connectivity index (χ0v) is 16.7. The van der Waals surface area contributed by atoms with Gasteiger partial charge in [-0.1, -0.05) is 0 Å². The molecule has 2 aliphatic rings. The Bertz CT molecular complexity index is 526. The van der Waals surface area contributed by atoms with Crippen molar-refractivity contribution in [1.82, 2.24) is 9.80 Å². The number of piperidine rings is 2. The number of furan rings is 1. The number of aliphatic hydroxyl groups is 1. The molecule has 1 spiro atoms. The van der Waals surface area contributed by atoms with Crippen LogP contribution in [0.25, 0.3) is 0 Å². The Morgan fingerprint density at radius 1 is 1.20 bits per heavy atom. The highest BCUT2D eigenvalue weighted by Gasteiger charge is 2.44. The molecule has 142 valence electrons. The van der Waals surface area contributed by atoms with Crippen LogP contribution in [0.4, 0.5) is 0 Å². The standard InChI is InChI=1S/C20H34N2O2S/c1-17-4-5-19(24-17)15-22-12-8-20(18(14-22)16-23)6-10-21(11-7-20)9-3-13-25-2/h4-5,18,23H,3,6-16H2,1-2H3. The van der Waals surface area contributed by atoms with E-state index in [1.165, 1.54) is 51.1 Å². The van der Waals surface area contributed by atoms with E-state index < -0.39 is 0 Å². The number of hydrogen-bond acceptors (Lipinski definition) is 5. The topological polar surface area (TPSA) is 39.9 Å². The lowest BCUT2D eigenvalue weighted by atomic mass is 9.64. The highest BCUT2D eigenvalue weighted by Crippen LogP contribution is 2.45. The van der Waals surface area contributed by atoms with E-state index in [9.17, 15) is 5.11 Å². The monoisotopic (exact) mass is 366 g/mol. The fraction of sp³-hybridized carbons (Fsp3) is 0.800. The van der Waals surface area contributed by atoms with Gasteiger partial charge in [-0.3, -0.25) is 4.90 Å². The van der Waals surface area contributed by atoms with Crippen LogP contribution < -0.4 is 0 Å². The molecule has 2 aliphatic heterocycles. The molecule has 2 saturated heterocycles. The van der Waals surface area contributed by atoms with E-state index in [1.807, 2.05) is 24.8 Å². The van der Waals surface area contributed by atoms with Crippen LogP contribution >= 0.6 is 11.8 Å². The molecular formula is C20H34N2O2S. The van der Waals surface area contributed by atoms with Gasteiger partial charge >= 0.3 is 0 Å². The van der Waals surface area contributed by atoms with Gasteiger partial charge in [-0.2, -0.15) is 11.8 Å². The molecule has 0 aromatic carbocycles. The Kier molecular flexibility index (Phi) is 6.89. The molecule has 4 nitrogen and oxygen atoms in total. The predicted molar refractivity (Wildman–Crippen MR) is 105 cm³/mol. The van der Waals surface area contributed by atoms with Gasteiger partial charge in [-0.15, -0.1) is 0 Å². The van der Waals surface area contributed by atoms with Gasteiger partial charge in [-0.05, 0) is 88.3 Å². The molecule has 1 unspecified atom stereocenters. The minimum atomic E-state index is 0.320. The number of nitrogens with zero attached hydrogens (tertiary/aromatic N) is 2. The minimum Gasteiger partial charge on any atom is -0.465 e. The Morgan fingerprint density at radius 3 is 2.52 bits per heavy atom. The van der Waals surface area contributed by atoms with Crippen molar-refractivity contribution in [2.45, 2.75) is 39.2 Å². The second-order valence-corrected chi connectivity index (χ2v) is 8.91. The Hall–Kier alpha value is -0.490. The van der Waals surface area contributed by atoms with Gasteiger partial charge in [0, 0.05) is 19.1 Å². The third kappa shape index (κ3) is 4.82. The first kappa shape index (κ1) is 19.3. The average Bonchev–Trinajstić information content (AvgIpc) is 3.03. The lowest BCUT2D eigenvalue weighted by Crippen LogP contribution is -2.53. The number of hydrogen-bond donors (Lipinski definition) is 1. The summed E-state index contributed by atoms with van der Waals surface area (Å²) in [4.78, 5) is 5.10. The van der Waals surface area contributed by atoms with Crippen LogP contribution in [0, 0.1) is 18.3 Å². The molecule has 3 heterocycles. The van der Waals surface area contributed by atoms with E-state index in [1.54, 1.807) is 0 Å². The molecule has 1 N–H and O–H groups in total. The summed E-state index contributed by atoms with van der Waals surface area (Å²) in [5, 5.41) is 10.1. The van der Waals surface area contributed by atoms with Crippen molar-refractivity contribution in [2.24, 2.45) is 11.3 Å². The summed E-state index contributed by atoms with van der Waals surface area (Å²) in [7, 11) is 0. The van der Waals surface area contributed by atoms with Crippen LogP contribution in [-0.4, -0.2) is 66.2 Å². The van der Waals surface area contributed by atoms with Crippen LogP contribution in [0.1, 0.15) is 37.2 Å². The van der Waals surface area contributed by atoms with E-state index in [0.29, 0.717) is 17.9 Å². The molecule has 1 aromatic heterocycles. The Morgan fingerprint density at radius 2 is 1.92 bits per heavy atom. The summed E-state index contributed by atoms with van der Waals surface area (Å²) in [5.41, 5.74) is 0.361. The van der Waals surface area contributed by atoms with Crippen LogP contribution in [0.5, 0.6) is 0 Å². The molecule has 0 saturated carbocycles. The first-order valence-corrected chi connectivity index (χ1v) is 11.1. The number of aryl methyl sites for hydroxylation is 1. The number of thioether (sulfide) groups is 1. The quantitative estimate of drug-likeness (QED) is 0.750. The smallest absolute Gasteiger partial charge is 0.118 e. The van der Waals surface area contributed by atoms with Crippen LogP contribution in [0.15, 0.2) is 16.5 Å². The number of likely N-dealkylation sites (tertiary alicyclic amines) is 2. The van der Waals surface area contributed by atoms with Crippen molar-refractivity contribution in [3.63, 3.8) is 0 Å². The molecule has 2 fully saturated rings. The van der Waals surface area contributed by atoms with Crippen molar-refractivity contribution in [3.8, 4) is 0 Å². The molecule has 5 heteroatoms. The highest BCUT2D eigenvalue weighted by molar-refractivity contribution is 7.98. The molecular weight excluding hydrogens is 332 g/mol. The van der Waals surface area contributed by atoms with Gasteiger partial charge in [0.25, 0.3) is 0 Å². The average molecular weight is 367 g/mol. The van der Waals surface area contributed by atoms with Crippen molar-refractivity contribution >= 4 is 11.8 Å². The molecule has 1 aromatic rings. The van der Waals surface area contributed by atoms with Gasteiger partial charge < -0.3 is 14.4 Å². The van der Waals surface area contributed by atoms with E-state index >= 15 is 0 Å². The second-order valence-electron chi connectivity index (χ2n) is 7.93. The SMILES string of the molecule is CSCCCN1CCC2(CC1)CCN(Cc1ccc(C)o1)CC2CO. The Labute approximate surface area is 156 Å². The van der Waals surface area contributed by atoms with Gasteiger partial charge in [0.1, 0.15) is 11.5 Å². The van der Waals surface area contributed by atoms with Crippen molar-refractivity contribution in [3.05, 3.63) is 23.7 Å². The highest BCUT2D eigenvalue weighted by atomic mass is 32.2. The van der Waals surface area contributed by atoms with Crippen molar-refractivity contribution in [2.75, 3.05) is 51.3 Å². The van der Waals surface area contributed by atoms with Gasteiger partial charge in [-0.25, -0.2) is 0 Å². The maximum absolute atomic E-state index is 10.1. The molecule has 0 bridgehead atoms. The molecule has 3 rings (SSSR count). The minimum absolute atomic E-state index is 0.320. The first-order chi connectivity index (χ1) is 12.1. The fourth-order valence-electron chi connectivity index (χ4n) is 4.68. The van der Waals surface area contributed by atoms with E-state index in [-0.39, 0.29) is 0 Å². The van der Waals surface area contributed by atoms with Gasteiger partial charge in [0.2, 0.25) is 0 Å². The summed E-state index contributed by atoms with van der Waals surface area (Å²) < 4.78 is 5.74. The van der Waals surface area contributed by atoms with Crippen molar-refractivity contribution in [1.29, 1.82) is 0 Å². The summed E-state index contributed by atoms with van der Waals surface area (Å²) in [6.45, 7) is 8.99. The second kappa shape index (κ2) is 8.94. The molecule has 0 aliphatic carbocycles. The number of rotatable bonds is 7. The first-order valence-electron chi connectivity index (χ1n) is 9.75. The summed E-state index contributed by atoms with van der Waals surface area (Å²) in [6, 6.07) is 4.12. The predicted octanol–water partition coefficient (Wildman–Crippen LogP) is 3.24. The normalized spacial score (nSPS) is 24.8. The molecule has 1 atom stereocenters. The maximum Gasteiger partial charge on any atom is 0.118 e. The van der Waals surface area contributed by atoms with Gasteiger partial charge in [0.15, 0.2) is 0 Å². The zero-order valence-electron chi connectivity index (χ0n) is 15.9. The third-order valence-electron chi connectivity index (χ3n) is 6.34. The van der Waals surface area contributed by atoms with Gasteiger partial charge in [0.05, 0.1) is 6.54 Å². The van der Waals surface area contributed by atoms with E-state index in [0.717, 1.165) is 31.2 Å². The fourth-order valence-corrected chi connectivity index (χ4v) is 5.10. The van der Waals surface area contributed by atoms with Crippen LogP contribution in [0.3, 0.4) is 0 Å². The van der Waals surface area contributed by atoms with Crippen LogP contribution in [-0.2, 0) is 6.54 Å². The Balaban J connectivity index is 1.52. The third-order valence-corrected chi connectivity index (χ3v) is 7.04. The largest absolute Gasteiger partial charge is 0.465 e. The van der Waals surface area contributed by atoms with Crippen LogP contribution in [0.2, 0.25) is 0 Å². The van der Waals surface area contributed by atoms with E-state index in [4.69, 9.17) is 4.42 Å². The molecule has 0 radical (unpaired) electrons.